The summed E-state index contributed by atoms with van der Waals surface area (Å²) in [6, 6.07) is 6.82. The summed E-state index contributed by atoms with van der Waals surface area (Å²) in [7, 11) is -2.03. The lowest BCUT2D eigenvalue weighted by Gasteiger charge is -2.16. The molecule has 2 heterocycles. The standard InChI is InChI=1S/C11H11BrN2O2S2/c1-8-7-10(17-11(8)12)18(15,16)14(2)9-5-3-4-6-13-9/h3-7H,1-2H3. The Labute approximate surface area is 118 Å². The molecule has 0 spiro atoms. The van der Waals surface area contributed by atoms with Crippen LogP contribution in [-0.2, 0) is 10.0 Å². The Morgan fingerprint density at radius 3 is 2.61 bits per heavy atom. The Balaban J connectivity index is 2.43. The van der Waals surface area contributed by atoms with Gasteiger partial charge < -0.3 is 0 Å². The average Bonchev–Trinajstić information content (AvgIpc) is 2.70. The molecular weight excluding hydrogens is 336 g/mol. The van der Waals surface area contributed by atoms with E-state index in [0.29, 0.717) is 10.0 Å². The van der Waals surface area contributed by atoms with Crippen molar-refractivity contribution >= 4 is 43.1 Å². The number of aromatic nitrogens is 1. The number of nitrogens with zero attached hydrogens (tertiary/aromatic N) is 2. The zero-order valence-electron chi connectivity index (χ0n) is 9.79. The fraction of sp³-hybridized carbons (Fsp3) is 0.182. The minimum atomic E-state index is -3.53. The first-order chi connectivity index (χ1) is 8.43. The largest absolute Gasteiger partial charge is 0.274 e. The molecule has 0 amide bonds. The van der Waals surface area contributed by atoms with Gasteiger partial charge in [-0.3, -0.25) is 4.31 Å². The molecule has 0 aliphatic rings. The van der Waals surface area contributed by atoms with Crippen molar-refractivity contribution in [2.45, 2.75) is 11.1 Å². The number of sulfonamides is 1. The van der Waals surface area contributed by atoms with Crippen LogP contribution in [0.3, 0.4) is 0 Å². The number of pyridine rings is 1. The van der Waals surface area contributed by atoms with E-state index in [1.165, 1.54) is 22.7 Å². The van der Waals surface area contributed by atoms with Crippen LogP contribution in [0.4, 0.5) is 5.82 Å². The van der Waals surface area contributed by atoms with E-state index in [1.807, 2.05) is 6.92 Å². The van der Waals surface area contributed by atoms with Crippen molar-refractivity contribution in [3.63, 3.8) is 0 Å². The summed E-state index contributed by atoms with van der Waals surface area (Å²) in [5, 5.41) is 0. The van der Waals surface area contributed by atoms with Crippen molar-refractivity contribution in [2.24, 2.45) is 0 Å². The second kappa shape index (κ2) is 4.99. The van der Waals surface area contributed by atoms with Crippen molar-refractivity contribution in [3.8, 4) is 0 Å². The monoisotopic (exact) mass is 346 g/mol. The van der Waals surface area contributed by atoms with E-state index in [9.17, 15) is 8.42 Å². The lowest BCUT2D eigenvalue weighted by atomic mass is 10.4. The van der Waals surface area contributed by atoms with Gasteiger partial charge in [0.15, 0.2) is 0 Å². The van der Waals surface area contributed by atoms with Crippen molar-refractivity contribution < 1.29 is 8.42 Å². The Bertz CT molecular complexity index is 633. The molecule has 2 rings (SSSR count). The molecule has 0 unspecified atom stereocenters. The Kier molecular flexibility index (Phi) is 3.74. The molecule has 0 radical (unpaired) electrons. The van der Waals surface area contributed by atoms with Crippen molar-refractivity contribution in [1.29, 1.82) is 0 Å². The van der Waals surface area contributed by atoms with Crippen LogP contribution < -0.4 is 4.31 Å². The summed E-state index contributed by atoms with van der Waals surface area (Å²) in [5.74, 6) is 0.402. The molecule has 2 aromatic rings. The van der Waals surface area contributed by atoms with E-state index in [1.54, 1.807) is 30.5 Å². The van der Waals surface area contributed by atoms with Crippen LogP contribution in [-0.4, -0.2) is 20.4 Å². The van der Waals surface area contributed by atoms with Crippen LogP contribution in [0.1, 0.15) is 5.56 Å². The third kappa shape index (κ3) is 2.43. The van der Waals surface area contributed by atoms with E-state index < -0.39 is 10.0 Å². The van der Waals surface area contributed by atoms with Gasteiger partial charge >= 0.3 is 0 Å². The number of anilines is 1. The van der Waals surface area contributed by atoms with E-state index in [4.69, 9.17) is 0 Å². The van der Waals surface area contributed by atoms with Crippen LogP contribution in [0.5, 0.6) is 0 Å². The van der Waals surface area contributed by atoms with Crippen molar-refractivity contribution in [2.75, 3.05) is 11.4 Å². The average molecular weight is 347 g/mol. The molecule has 96 valence electrons. The van der Waals surface area contributed by atoms with Crippen LogP contribution in [0.25, 0.3) is 0 Å². The maximum Gasteiger partial charge on any atom is 0.274 e. The molecule has 4 nitrogen and oxygen atoms in total. The van der Waals surface area contributed by atoms with Gasteiger partial charge in [-0.1, -0.05) is 6.07 Å². The first-order valence-corrected chi connectivity index (χ1v) is 8.14. The van der Waals surface area contributed by atoms with E-state index >= 15 is 0 Å². The fourth-order valence-corrected chi connectivity index (χ4v) is 4.90. The van der Waals surface area contributed by atoms with Gasteiger partial charge in [-0.2, -0.15) is 0 Å². The molecular formula is C11H11BrN2O2S2. The molecule has 0 fully saturated rings. The molecule has 18 heavy (non-hydrogen) atoms. The zero-order chi connectivity index (χ0) is 13.3. The molecule has 0 aromatic carbocycles. The van der Waals surface area contributed by atoms with Crippen molar-refractivity contribution in [1.82, 2.24) is 4.98 Å². The maximum absolute atomic E-state index is 12.4. The summed E-state index contributed by atoms with van der Waals surface area (Å²) >= 11 is 4.54. The summed E-state index contributed by atoms with van der Waals surface area (Å²) in [6.07, 6.45) is 1.57. The molecule has 0 aliphatic heterocycles. The van der Waals surface area contributed by atoms with Gasteiger partial charge in [0.1, 0.15) is 10.0 Å². The molecule has 0 saturated carbocycles. The molecule has 2 aromatic heterocycles. The molecule has 0 aliphatic carbocycles. The van der Waals surface area contributed by atoms with E-state index in [-0.39, 0.29) is 0 Å². The number of rotatable bonds is 3. The third-order valence-corrected chi connectivity index (χ3v) is 6.77. The van der Waals surface area contributed by atoms with Gasteiger partial charge in [0, 0.05) is 13.2 Å². The first-order valence-electron chi connectivity index (χ1n) is 5.09. The normalized spacial score (nSPS) is 11.5. The summed E-state index contributed by atoms with van der Waals surface area (Å²) in [5.41, 5.74) is 0.910. The SMILES string of the molecule is Cc1cc(S(=O)(=O)N(C)c2ccccn2)sc1Br. The lowest BCUT2D eigenvalue weighted by Crippen LogP contribution is -2.26. The van der Waals surface area contributed by atoms with E-state index in [2.05, 4.69) is 20.9 Å². The summed E-state index contributed by atoms with van der Waals surface area (Å²) < 4.78 is 27.1. The van der Waals surface area contributed by atoms with Gasteiger partial charge in [0.05, 0.1) is 3.79 Å². The minimum absolute atomic E-state index is 0.306. The first kappa shape index (κ1) is 13.5. The van der Waals surface area contributed by atoms with Crippen LogP contribution in [0.15, 0.2) is 38.5 Å². The highest BCUT2D eigenvalue weighted by Crippen LogP contribution is 2.32. The Morgan fingerprint density at radius 1 is 1.39 bits per heavy atom. The van der Waals surface area contributed by atoms with Gasteiger partial charge in [0.25, 0.3) is 10.0 Å². The van der Waals surface area contributed by atoms with Gasteiger partial charge in [-0.05, 0) is 46.6 Å². The number of aryl methyl sites for hydroxylation is 1. The quantitative estimate of drug-likeness (QED) is 0.858. The Morgan fingerprint density at radius 2 is 2.11 bits per heavy atom. The second-order valence-corrected chi connectivity index (χ2v) is 8.25. The Hall–Kier alpha value is -0.920. The topological polar surface area (TPSA) is 50.3 Å². The highest BCUT2D eigenvalue weighted by molar-refractivity contribution is 9.11. The summed E-state index contributed by atoms with van der Waals surface area (Å²) in [6.45, 7) is 1.86. The van der Waals surface area contributed by atoms with Gasteiger partial charge in [-0.15, -0.1) is 11.3 Å². The number of halogens is 1. The minimum Gasteiger partial charge on any atom is -0.252 e. The summed E-state index contributed by atoms with van der Waals surface area (Å²) in [4.78, 5) is 4.04. The van der Waals surface area contributed by atoms with Crippen LogP contribution in [0.2, 0.25) is 0 Å². The molecule has 0 saturated heterocycles. The molecule has 7 heteroatoms. The predicted molar refractivity (Wildman–Crippen MR) is 76.6 cm³/mol. The molecule has 0 atom stereocenters. The molecule has 0 N–H and O–H groups in total. The number of hydrogen-bond acceptors (Lipinski definition) is 4. The van der Waals surface area contributed by atoms with Gasteiger partial charge in [0.2, 0.25) is 0 Å². The van der Waals surface area contributed by atoms with Crippen LogP contribution in [0, 0.1) is 6.92 Å². The number of hydrogen-bond donors (Lipinski definition) is 0. The predicted octanol–water partition coefficient (Wildman–Crippen LogP) is 3.04. The third-order valence-electron chi connectivity index (χ3n) is 2.42. The smallest absolute Gasteiger partial charge is 0.252 e. The highest BCUT2D eigenvalue weighted by Gasteiger charge is 2.24. The van der Waals surface area contributed by atoms with Crippen molar-refractivity contribution in [3.05, 3.63) is 39.8 Å². The lowest BCUT2D eigenvalue weighted by molar-refractivity contribution is 0.596. The number of thiophene rings is 1. The second-order valence-electron chi connectivity index (χ2n) is 3.68. The van der Waals surface area contributed by atoms with E-state index in [0.717, 1.165) is 9.35 Å². The molecule has 0 bridgehead atoms. The zero-order valence-corrected chi connectivity index (χ0v) is 13.0. The van der Waals surface area contributed by atoms with Crippen LogP contribution >= 0.6 is 27.3 Å². The fourth-order valence-electron chi connectivity index (χ4n) is 1.36. The maximum atomic E-state index is 12.4. The highest BCUT2D eigenvalue weighted by atomic mass is 79.9. The van der Waals surface area contributed by atoms with Gasteiger partial charge in [-0.25, -0.2) is 13.4 Å².